The Hall–Kier alpha value is -2.28. The molecule has 1 fully saturated rings. The number of nitrogens with one attached hydrogen (secondary N) is 1. The minimum absolute atomic E-state index is 0.146. The lowest BCUT2D eigenvalue weighted by Crippen LogP contribution is -2.33. The molecule has 4 heteroatoms. The summed E-state index contributed by atoms with van der Waals surface area (Å²) in [5.74, 6) is 0.518. The third kappa shape index (κ3) is 5.14. The topological polar surface area (TPSA) is 62.1 Å². The van der Waals surface area contributed by atoms with Crippen LogP contribution in [-0.2, 0) is 4.79 Å². The molecule has 0 aliphatic heterocycles. The van der Waals surface area contributed by atoms with E-state index < -0.39 is 0 Å². The molecular weight excluding hydrogens is 288 g/mol. The average molecular weight is 312 g/mol. The van der Waals surface area contributed by atoms with Gasteiger partial charge in [0.25, 0.3) is 5.91 Å². The number of hydrogen-bond donors (Lipinski definition) is 1. The van der Waals surface area contributed by atoms with Crippen molar-refractivity contribution in [1.29, 1.82) is 5.26 Å². The molecule has 0 aromatic heterocycles. The third-order valence-electron chi connectivity index (χ3n) is 4.16. The first-order chi connectivity index (χ1) is 11.1. The number of carbonyl (C=O) groups is 1. The quantitative estimate of drug-likeness (QED) is 0.641. The van der Waals surface area contributed by atoms with E-state index in [1.807, 2.05) is 37.3 Å². The Kier molecular flexibility index (Phi) is 6.22. The standard InChI is InChI=1S/C19H24N2O2/c1-3-14(2)23-18-10-8-15(9-11-18)12-16(13-20)19(22)21-17-6-4-5-7-17/h8-12,14,17H,3-7H2,1-2H3,(H,21,22)/b16-12-/t14-/m0/s1. The van der Waals surface area contributed by atoms with Crippen molar-refractivity contribution < 1.29 is 9.53 Å². The molecule has 0 bridgehead atoms. The Morgan fingerprint density at radius 1 is 1.39 bits per heavy atom. The lowest BCUT2D eigenvalue weighted by Gasteiger charge is -2.12. The van der Waals surface area contributed by atoms with Crippen LogP contribution in [0.15, 0.2) is 29.8 Å². The summed E-state index contributed by atoms with van der Waals surface area (Å²) in [6.07, 6.45) is 7.04. The Bertz CT molecular complexity index is 593. The molecule has 2 rings (SSSR count). The Balaban J connectivity index is 2.02. The molecular formula is C19H24N2O2. The second-order valence-electron chi connectivity index (χ2n) is 6.03. The molecule has 1 atom stereocenters. The molecule has 1 N–H and O–H groups in total. The van der Waals surface area contributed by atoms with Crippen molar-refractivity contribution >= 4 is 12.0 Å². The van der Waals surface area contributed by atoms with Crippen molar-refractivity contribution in [3.8, 4) is 11.8 Å². The smallest absolute Gasteiger partial charge is 0.262 e. The van der Waals surface area contributed by atoms with Gasteiger partial charge in [-0.05, 0) is 50.0 Å². The van der Waals surface area contributed by atoms with Gasteiger partial charge < -0.3 is 10.1 Å². The van der Waals surface area contributed by atoms with Crippen LogP contribution in [0.3, 0.4) is 0 Å². The van der Waals surface area contributed by atoms with E-state index in [2.05, 4.69) is 12.2 Å². The maximum absolute atomic E-state index is 12.2. The molecule has 0 spiro atoms. The monoisotopic (exact) mass is 312 g/mol. The Morgan fingerprint density at radius 2 is 2.04 bits per heavy atom. The second-order valence-corrected chi connectivity index (χ2v) is 6.03. The minimum atomic E-state index is -0.278. The van der Waals surface area contributed by atoms with E-state index in [-0.39, 0.29) is 23.6 Å². The number of ether oxygens (including phenoxy) is 1. The fraction of sp³-hybridized carbons (Fsp3) is 0.474. The van der Waals surface area contributed by atoms with Gasteiger partial charge in [-0.1, -0.05) is 31.9 Å². The molecule has 1 aliphatic carbocycles. The van der Waals surface area contributed by atoms with Gasteiger partial charge in [0.05, 0.1) is 6.10 Å². The van der Waals surface area contributed by atoms with E-state index in [1.165, 1.54) is 0 Å². The summed E-state index contributed by atoms with van der Waals surface area (Å²) in [6.45, 7) is 4.10. The first kappa shape index (κ1) is 17.1. The molecule has 0 saturated heterocycles. The zero-order valence-electron chi connectivity index (χ0n) is 13.8. The van der Waals surface area contributed by atoms with Crippen LogP contribution in [0.25, 0.3) is 6.08 Å². The van der Waals surface area contributed by atoms with Crippen molar-refractivity contribution in [2.45, 2.75) is 58.1 Å². The summed E-state index contributed by atoms with van der Waals surface area (Å²) in [7, 11) is 0. The number of nitriles is 1. The van der Waals surface area contributed by atoms with Crippen molar-refractivity contribution in [2.24, 2.45) is 0 Å². The fourth-order valence-electron chi connectivity index (χ4n) is 2.61. The molecule has 1 amide bonds. The number of carbonyl (C=O) groups excluding carboxylic acids is 1. The molecule has 0 unspecified atom stereocenters. The molecule has 23 heavy (non-hydrogen) atoms. The summed E-state index contributed by atoms with van der Waals surface area (Å²) < 4.78 is 5.72. The number of benzene rings is 1. The normalized spacial score (nSPS) is 16.7. The van der Waals surface area contributed by atoms with Gasteiger partial charge in [0, 0.05) is 6.04 Å². The zero-order valence-corrected chi connectivity index (χ0v) is 13.8. The van der Waals surface area contributed by atoms with E-state index in [1.54, 1.807) is 6.08 Å². The number of amides is 1. The second kappa shape index (κ2) is 8.38. The van der Waals surface area contributed by atoms with Gasteiger partial charge in [0.2, 0.25) is 0 Å². The first-order valence-electron chi connectivity index (χ1n) is 8.31. The zero-order chi connectivity index (χ0) is 16.7. The number of nitrogens with zero attached hydrogens (tertiary/aromatic N) is 1. The lowest BCUT2D eigenvalue weighted by molar-refractivity contribution is -0.117. The van der Waals surface area contributed by atoms with Crippen LogP contribution in [0.2, 0.25) is 0 Å². The SMILES string of the molecule is CC[C@H](C)Oc1ccc(/C=C(/C#N)C(=O)NC2CCCC2)cc1. The van der Waals surface area contributed by atoms with E-state index in [0.29, 0.717) is 0 Å². The van der Waals surface area contributed by atoms with Crippen LogP contribution in [0.1, 0.15) is 51.5 Å². The number of hydrogen-bond acceptors (Lipinski definition) is 3. The highest BCUT2D eigenvalue weighted by molar-refractivity contribution is 6.01. The maximum atomic E-state index is 12.2. The summed E-state index contributed by atoms with van der Waals surface area (Å²) in [5, 5.41) is 12.2. The fourth-order valence-corrected chi connectivity index (χ4v) is 2.61. The van der Waals surface area contributed by atoms with Gasteiger partial charge in [-0.3, -0.25) is 4.79 Å². The predicted molar refractivity (Wildman–Crippen MR) is 90.8 cm³/mol. The lowest BCUT2D eigenvalue weighted by atomic mass is 10.1. The van der Waals surface area contributed by atoms with E-state index >= 15 is 0 Å². The van der Waals surface area contributed by atoms with Gasteiger partial charge in [0.15, 0.2) is 0 Å². The molecule has 1 aliphatic rings. The molecule has 122 valence electrons. The Morgan fingerprint density at radius 3 is 2.61 bits per heavy atom. The van der Waals surface area contributed by atoms with Crippen LogP contribution in [0.4, 0.5) is 0 Å². The predicted octanol–water partition coefficient (Wildman–Crippen LogP) is 3.83. The summed E-state index contributed by atoms with van der Waals surface area (Å²) in [5.41, 5.74) is 0.965. The van der Waals surface area contributed by atoms with E-state index in [0.717, 1.165) is 43.4 Å². The van der Waals surface area contributed by atoms with Crippen molar-refractivity contribution in [3.05, 3.63) is 35.4 Å². The maximum Gasteiger partial charge on any atom is 0.262 e. The number of rotatable bonds is 6. The van der Waals surface area contributed by atoms with E-state index in [4.69, 9.17) is 4.74 Å². The van der Waals surface area contributed by atoms with Gasteiger partial charge in [-0.2, -0.15) is 5.26 Å². The minimum Gasteiger partial charge on any atom is -0.491 e. The third-order valence-corrected chi connectivity index (χ3v) is 4.16. The highest BCUT2D eigenvalue weighted by atomic mass is 16.5. The molecule has 4 nitrogen and oxygen atoms in total. The largest absolute Gasteiger partial charge is 0.491 e. The molecule has 0 heterocycles. The van der Waals surface area contributed by atoms with Crippen LogP contribution in [0, 0.1) is 11.3 Å². The van der Waals surface area contributed by atoms with Crippen molar-refractivity contribution in [3.63, 3.8) is 0 Å². The van der Waals surface area contributed by atoms with Gasteiger partial charge in [0.1, 0.15) is 17.4 Å². The molecule has 1 aromatic rings. The van der Waals surface area contributed by atoms with E-state index in [9.17, 15) is 10.1 Å². The van der Waals surface area contributed by atoms with Gasteiger partial charge >= 0.3 is 0 Å². The summed E-state index contributed by atoms with van der Waals surface area (Å²) in [6, 6.07) is 9.66. The van der Waals surface area contributed by atoms with Gasteiger partial charge in [-0.25, -0.2) is 0 Å². The summed E-state index contributed by atoms with van der Waals surface area (Å²) in [4.78, 5) is 12.2. The highest BCUT2D eigenvalue weighted by Crippen LogP contribution is 2.19. The Labute approximate surface area is 138 Å². The first-order valence-corrected chi connectivity index (χ1v) is 8.31. The van der Waals surface area contributed by atoms with Crippen LogP contribution < -0.4 is 10.1 Å². The molecule has 1 saturated carbocycles. The van der Waals surface area contributed by atoms with Crippen LogP contribution in [-0.4, -0.2) is 18.1 Å². The molecule has 0 radical (unpaired) electrons. The highest BCUT2D eigenvalue weighted by Gasteiger charge is 2.19. The summed E-state index contributed by atoms with van der Waals surface area (Å²) >= 11 is 0. The van der Waals surface area contributed by atoms with Gasteiger partial charge in [-0.15, -0.1) is 0 Å². The molecule has 1 aromatic carbocycles. The average Bonchev–Trinajstić information content (AvgIpc) is 3.06. The van der Waals surface area contributed by atoms with Crippen LogP contribution in [0.5, 0.6) is 5.75 Å². The van der Waals surface area contributed by atoms with Crippen LogP contribution >= 0.6 is 0 Å². The van der Waals surface area contributed by atoms with Crippen molar-refractivity contribution in [1.82, 2.24) is 5.32 Å². The van der Waals surface area contributed by atoms with Crippen molar-refractivity contribution in [2.75, 3.05) is 0 Å².